The molecular weight excluding hydrogens is 290 g/mol. The highest BCUT2D eigenvalue weighted by Crippen LogP contribution is 2.13. The summed E-state index contributed by atoms with van der Waals surface area (Å²) in [6.07, 6.45) is 3.98. The number of Topliss-reactive ketones (excluding diaryl/α,β-unsaturated/α-hetero) is 1. The third-order valence-electron chi connectivity index (χ3n) is 2.65. The second kappa shape index (κ2) is 6.98. The summed E-state index contributed by atoms with van der Waals surface area (Å²) >= 11 is 0. The van der Waals surface area contributed by atoms with Crippen molar-refractivity contribution in [2.45, 2.75) is 0 Å². The van der Waals surface area contributed by atoms with E-state index in [0.29, 0.717) is 5.76 Å². The van der Waals surface area contributed by atoms with Gasteiger partial charge in [-0.15, -0.1) is 0 Å². The van der Waals surface area contributed by atoms with Crippen LogP contribution < -0.4 is 0 Å². The first kappa shape index (κ1) is 15.2. The number of nitrogens with zero attached hydrogens (tertiary/aromatic N) is 1. The van der Waals surface area contributed by atoms with Crippen molar-refractivity contribution < 1.29 is 23.7 Å². The van der Waals surface area contributed by atoms with E-state index in [-0.39, 0.29) is 11.3 Å². The molecule has 0 spiro atoms. The van der Waals surface area contributed by atoms with Crippen LogP contribution >= 0.6 is 0 Å². The van der Waals surface area contributed by atoms with Crippen LogP contribution in [0.5, 0.6) is 0 Å². The fourth-order valence-corrected chi connectivity index (χ4v) is 1.60. The highest BCUT2D eigenvalue weighted by Gasteiger charge is 2.12. The van der Waals surface area contributed by atoms with E-state index >= 15 is 0 Å². The molecule has 0 bridgehead atoms. The maximum Gasteiger partial charge on any atom is 0.331 e. The summed E-state index contributed by atoms with van der Waals surface area (Å²) in [4.78, 5) is 33.3. The SMILES string of the molecule is O=C(C=Cc1ccco1)OCC(=O)c1cccc([N+](=O)[O-])c1. The maximum absolute atomic E-state index is 11.8. The first-order valence-corrected chi connectivity index (χ1v) is 6.22. The molecule has 1 heterocycles. The molecule has 0 atom stereocenters. The van der Waals surface area contributed by atoms with E-state index < -0.39 is 23.3 Å². The molecule has 7 heteroatoms. The smallest absolute Gasteiger partial charge is 0.331 e. The summed E-state index contributed by atoms with van der Waals surface area (Å²) in [5.41, 5.74) is -0.0908. The van der Waals surface area contributed by atoms with Crippen LogP contribution in [-0.2, 0) is 9.53 Å². The molecular formula is C15H11NO6. The lowest BCUT2D eigenvalue weighted by molar-refractivity contribution is -0.384. The van der Waals surface area contributed by atoms with Crippen molar-refractivity contribution in [1.82, 2.24) is 0 Å². The molecule has 0 unspecified atom stereocenters. The van der Waals surface area contributed by atoms with Crippen LogP contribution in [0.3, 0.4) is 0 Å². The number of benzene rings is 1. The molecule has 0 amide bonds. The molecule has 0 N–H and O–H groups in total. The number of hydrogen-bond acceptors (Lipinski definition) is 6. The Morgan fingerprint density at radius 1 is 1.27 bits per heavy atom. The van der Waals surface area contributed by atoms with Gasteiger partial charge >= 0.3 is 5.97 Å². The molecule has 0 saturated carbocycles. The lowest BCUT2D eigenvalue weighted by Crippen LogP contribution is -2.12. The van der Waals surface area contributed by atoms with Crippen molar-refractivity contribution in [2.75, 3.05) is 6.61 Å². The summed E-state index contributed by atoms with van der Waals surface area (Å²) in [6.45, 7) is -0.498. The summed E-state index contributed by atoms with van der Waals surface area (Å²) in [6, 6.07) is 8.53. The lowest BCUT2D eigenvalue weighted by atomic mass is 10.1. The van der Waals surface area contributed by atoms with Crippen LogP contribution in [0.25, 0.3) is 6.08 Å². The van der Waals surface area contributed by atoms with Crippen molar-refractivity contribution in [3.05, 3.63) is 70.2 Å². The number of non-ortho nitro benzene ring substituents is 1. The van der Waals surface area contributed by atoms with Gasteiger partial charge in [0.15, 0.2) is 6.61 Å². The van der Waals surface area contributed by atoms with Gasteiger partial charge < -0.3 is 9.15 Å². The molecule has 1 aromatic heterocycles. The zero-order valence-electron chi connectivity index (χ0n) is 11.3. The molecule has 112 valence electrons. The molecule has 7 nitrogen and oxygen atoms in total. The number of ketones is 1. The number of ether oxygens (including phenoxy) is 1. The van der Waals surface area contributed by atoms with Gasteiger partial charge in [-0.05, 0) is 18.2 Å². The van der Waals surface area contributed by atoms with E-state index in [1.807, 2.05) is 0 Å². The van der Waals surface area contributed by atoms with Gasteiger partial charge in [-0.2, -0.15) is 0 Å². The standard InChI is InChI=1S/C15H11NO6/c17-14(11-3-1-4-12(9-11)16(19)20)10-22-15(18)7-6-13-5-2-8-21-13/h1-9H,10H2. The van der Waals surface area contributed by atoms with Crippen LogP contribution in [0.15, 0.2) is 53.2 Å². The summed E-state index contributed by atoms with van der Waals surface area (Å²) < 4.78 is 9.76. The molecule has 0 aliphatic heterocycles. The highest BCUT2D eigenvalue weighted by molar-refractivity contribution is 5.99. The molecule has 22 heavy (non-hydrogen) atoms. The van der Waals surface area contributed by atoms with E-state index in [2.05, 4.69) is 0 Å². The number of hydrogen-bond donors (Lipinski definition) is 0. The number of nitro benzene ring substituents is 1. The van der Waals surface area contributed by atoms with Gasteiger partial charge in [0.05, 0.1) is 11.2 Å². The molecule has 2 aromatic rings. The minimum atomic E-state index is -0.713. The monoisotopic (exact) mass is 301 g/mol. The zero-order valence-corrected chi connectivity index (χ0v) is 11.3. The zero-order chi connectivity index (χ0) is 15.9. The largest absolute Gasteiger partial charge is 0.465 e. The number of rotatable bonds is 6. The van der Waals surface area contributed by atoms with Gasteiger partial charge in [-0.3, -0.25) is 14.9 Å². The normalized spacial score (nSPS) is 10.5. The first-order valence-electron chi connectivity index (χ1n) is 6.22. The van der Waals surface area contributed by atoms with Gasteiger partial charge in [0.2, 0.25) is 5.78 Å². The number of esters is 1. The number of carbonyl (C=O) groups excluding carboxylic acids is 2. The van der Waals surface area contributed by atoms with Crippen molar-refractivity contribution in [3.63, 3.8) is 0 Å². The number of nitro groups is 1. The van der Waals surface area contributed by atoms with Crippen molar-refractivity contribution in [1.29, 1.82) is 0 Å². The maximum atomic E-state index is 11.8. The van der Waals surface area contributed by atoms with E-state index in [4.69, 9.17) is 9.15 Å². The second-order valence-corrected chi connectivity index (χ2v) is 4.19. The summed E-state index contributed by atoms with van der Waals surface area (Å²) in [5, 5.41) is 10.6. The Morgan fingerprint density at radius 3 is 2.77 bits per heavy atom. The first-order chi connectivity index (χ1) is 10.6. The van der Waals surface area contributed by atoms with E-state index in [1.165, 1.54) is 30.5 Å². The molecule has 0 fully saturated rings. The van der Waals surface area contributed by atoms with Crippen LogP contribution in [0.4, 0.5) is 5.69 Å². The molecule has 0 radical (unpaired) electrons. The Labute approximate surface area is 125 Å². The van der Waals surface area contributed by atoms with Gasteiger partial charge in [0, 0.05) is 23.8 Å². The van der Waals surface area contributed by atoms with Crippen molar-refractivity contribution in [3.8, 4) is 0 Å². The highest BCUT2D eigenvalue weighted by atomic mass is 16.6. The minimum absolute atomic E-state index is 0.108. The lowest BCUT2D eigenvalue weighted by Gasteiger charge is -2.01. The predicted octanol–water partition coefficient (Wildman–Crippen LogP) is 2.63. The third kappa shape index (κ3) is 4.14. The minimum Gasteiger partial charge on any atom is -0.465 e. The fourth-order valence-electron chi connectivity index (χ4n) is 1.60. The average molecular weight is 301 g/mol. The molecule has 0 saturated heterocycles. The van der Waals surface area contributed by atoms with Gasteiger partial charge in [-0.1, -0.05) is 12.1 Å². The van der Waals surface area contributed by atoms with Gasteiger partial charge in [-0.25, -0.2) is 4.79 Å². The van der Waals surface area contributed by atoms with E-state index in [1.54, 1.807) is 12.1 Å². The van der Waals surface area contributed by atoms with E-state index in [9.17, 15) is 19.7 Å². The Balaban J connectivity index is 1.91. The molecule has 0 aliphatic rings. The topological polar surface area (TPSA) is 99.7 Å². The summed E-state index contributed by atoms with van der Waals surface area (Å²) in [5.74, 6) is -0.763. The Morgan fingerprint density at radius 2 is 2.09 bits per heavy atom. The average Bonchev–Trinajstić information content (AvgIpc) is 3.04. The fraction of sp³-hybridized carbons (Fsp3) is 0.0667. The predicted molar refractivity (Wildman–Crippen MR) is 76.1 cm³/mol. The molecule has 0 aliphatic carbocycles. The van der Waals surface area contributed by atoms with Crippen molar-refractivity contribution >= 4 is 23.5 Å². The number of furan rings is 1. The van der Waals surface area contributed by atoms with Crippen molar-refractivity contribution in [2.24, 2.45) is 0 Å². The quantitative estimate of drug-likeness (QED) is 0.267. The Kier molecular flexibility index (Phi) is 4.81. The van der Waals surface area contributed by atoms with Crippen LogP contribution in [0.2, 0.25) is 0 Å². The number of carbonyl (C=O) groups is 2. The van der Waals surface area contributed by atoms with Gasteiger partial charge in [0.1, 0.15) is 5.76 Å². The molecule has 2 rings (SSSR count). The summed E-state index contributed by atoms with van der Waals surface area (Å²) in [7, 11) is 0. The van der Waals surface area contributed by atoms with E-state index in [0.717, 1.165) is 12.1 Å². The second-order valence-electron chi connectivity index (χ2n) is 4.19. The van der Waals surface area contributed by atoms with Crippen LogP contribution in [0, 0.1) is 10.1 Å². The Bertz CT molecular complexity index is 717. The van der Waals surface area contributed by atoms with Crippen LogP contribution in [-0.4, -0.2) is 23.3 Å². The molecule has 1 aromatic carbocycles. The van der Waals surface area contributed by atoms with Gasteiger partial charge in [0.25, 0.3) is 5.69 Å². The third-order valence-corrected chi connectivity index (χ3v) is 2.65. The Hall–Kier alpha value is -3.22. The van der Waals surface area contributed by atoms with Crippen LogP contribution in [0.1, 0.15) is 16.1 Å².